The number of hydrogen-bond acceptors (Lipinski definition) is 1. The Morgan fingerprint density at radius 2 is 1.38 bits per heavy atom. The molecule has 0 aliphatic carbocycles. The van der Waals surface area contributed by atoms with Crippen LogP contribution in [0.5, 0.6) is 0 Å². The van der Waals surface area contributed by atoms with Crippen LogP contribution in [0.25, 0.3) is 0 Å². The first-order valence-electron chi connectivity index (χ1n) is 10.2. The van der Waals surface area contributed by atoms with Gasteiger partial charge in [-0.25, -0.2) is 4.98 Å². The molecule has 0 fully saturated rings. The second-order valence-electron chi connectivity index (χ2n) is 9.16. The minimum atomic E-state index is 0.106. The molecule has 0 radical (unpaired) electrons. The molecule has 0 amide bonds. The smallest absolute Gasteiger partial charge is 0.112 e. The summed E-state index contributed by atoms with van der Waals surface area (Å²) >= 11 is 0. The average Bonchev–Trinajstić information content (AvgIpc) is 3.02. The molecule has 0 saturated carbocycles. The van der Waals surface area contributed by atoms with Gasteiger partial charge in [-0.1, -0.05) is 81.6 Å². The van der Waals surface area contributed by atoms with Gasteiger partial charge in [0.1, 0.15) is 5.82 Å². The van der Waals surface area contributed by atoms with Gasteiger partial charge in [-0.05, 0) is 25.7 Å². The van der Waals surface area contributed by atoms with E-state index in [0.717, 1.165) is 19.3 Å². The fraction of sp³-hybridized carbons (Fsp3) is 0.864. The zero-order chi connectivity index (χ0) is 18.6. The molecule has 0 aliphatic rings. The van der Waals surface area contributed by atoms with Crippen LogP contribution in [0.4, 0.5) is 0 Å². The summed E-state index contributed by atoms with van der Waals surface area (Å²) in [5, 5.41) is 0. The number of H-pyrrole nitrogens is 1. The minimum Gasteiger partial charge on any atom is -0.345 e. The number of nitrogens with zero attached hydrogens (tertiary/aromatic N) is 1. The number of imidazole rings is 1. The Bertz CT molecular complexity index is 504. The normalized spacial score (nSPS) is 13.5. The van der Waals surface area contributed by atoms with Crippen molar-refractivity contribution in [3.63, 3.8) is 0 Å². The first kappa shape index (κ1) is 21.3. The van der Waals surface area contributed by atoms with Crippen LogP contribution < -0.4 is 0 Å². The molecule has 0 spiro atoms. The lowest BCUT2D eigenvalue weighted by Crippen LogP contribution is -2.28. The Hall–Kier alpha value is -0.790. The molecular weight excluding hydrogens is 292 g/mol. The molecule has 140 valence electrons. The van der Waals surface area contributed by atoms with E-state index in [1.165, 1.54) is 42.9 Å². The highest BCUT2D eigenvalue weighted by Gasteiger charge is 2.37. The number of unbranched alkanes of at least 4 members (excludes halogenated alkanes) is 2. The van der Waals surface area contributed by atoms with E-state index in [2.05, 4.69) is 67.3 Å². The van der Waals surface area contributed by atoms with Gasteiger partial charge >= 0.3 is 0 Å². The number of aromatic amines is 1. The molecule has 0 unspecified atom stereocenters. The third kappa shape index (κ3) is 4.43. The Labute approximate surface area is 151 Å². The molecule has 24 heavy (non-hydrogen) atoms. The van der Waals surface area contributed by atoms with Gasteiger partial charge in [-0.15, -0.1) is 0 Å². The monoisotopic (exact) mass is 334 g/mol. The fourth-order valence-corrected chi connectivity index (χ4v) is 3.33. The fourth-order valence-electron chi connectivity index (χ4n) is 3.33. The number of rotatable bonds is 10. The number of nitrogens with one attached hydrogen (secondary N) is 1. The van der Waals surface area contributed by atoms with Crippen molar-refractivity contribution in [1.29, 1.82) is 0 Å². The maximum absolute atomic E-state index is 5.21. The van der Waals surface area contributed by atoms with Gasteiger partial charge in [0.05, 0.1) is 5.69 Å². The summed E-state index contributed by atoms with van der Waals surface area (Å²) in [5.74, 6) is 1.17. The van der Waals surface area contributed by atoms with Crippen molar-refractivity contribution in [1.82, 2.24) is 9.97 Å². The van der Waals surface area contributed by atoms with Crippen LogP contribution in [-0.4, -0.2) is 9.97 Å². The summed E-state index contributed by atoms with van der Waals surface area (Å²) in [6, 6.07) is 0. The Balaban J connectivity index is 3.40. The van der Waals surface area contributed by atoms with E-state index in [0.29, 0.717) is 0 Å². The van der Waals surface area contributed by atoms with Crippen LogP contribution in [-0.2, 0) is 16.2 Å². The topological polar surface area (TPSA) is 28.7 Å². The van der Waals surface area contributed by atoms with E-state index in [9.17, 15) is 0 Å². The van der Waals surface area contributed by atoms with Gasteiger partial charge in [0.2, 0.25) is 0 Å². The van der Waals surface area contributed by atoms with Gasteiger partial charge in [0.25, 0.3) is 0 Å². The molecule has 1 heterocycles. The van der Waals surface area contributed by atoms with E-state index in [4.69, 9.17) is 4.98 Å². The molecule has 1 aromatic rings. The Kier molecular flexibility index (Phi) is 7.14. The molecule has 0 atom stereocenters. The van der Waals surface area contributed by atoms with Crippen molar-refractivity contribution in [3.05, 3.63) is 17.2 Å². The van der Waals surface area contributed by atoms with Crippen LogP contribution in [0.1, 0.15) is 124 Å². The molecule has 1 rings (SSSR count). The first-order chi connectivity index (χ1) is 11.1. The van der Waals surface area contributed by atoms with Gasteiger partial charge in [-0.3, -0.25) is 0 Å². The van der Waals surface area contributed by atoms with Crippen molar-refractivity contribution >= 4 is 0 Å². The van der Waals surface area contributed by atoms with Crippen LogP contribution >= 0.6 is 0 Å². The molecule has 0 bridgehead atoms. The van der Waals surface area contributed by atoms with Gasteiger partial charge < -0.3 is 4.98 Å². The predicted molar refractivity (Wildman–Crippen MR) is 107 cm³/mol. The third-order valence-corrected chi connectivity index (χ3v) is 6.44. The molecule has 0 aromatic carbocycles. The SMILES string of the molecule is CCCCCC(C)(C)c1nc(C(C)(C)CC)[nH]c1C(C)(CC)CC. The summed E-state index contributed by atoms with van der Waals surface area (Å²) < 4.78 is 0. The Morgan fingerprint density at radius 1 is 0.792 bits per heavy atom. The molecule has 0 saturated heterocycles. The van der Waals surface area contributed by atoms with E-state index in [1.54, 1.807) is 0 Å². The zero-order valence-electron chi connectivity index (χ0n) is 17.9. The molecular formula is C22H42N2. The maximum atomic E-state index is 5.21. The van der Waals surface area contributed by atoms with Gasteiger partial charge in [-0.2, -0.15) is 0 Å². The number of hydrogen-bond donors (Lipinski definition) is 1. The summed E-state index contributed by atoms with van der Waals surface area (Å²) in [7, 11) is 0. The van der Waals surface area contributed by atoms with Crippen LogP contribution in [0, 0.1) is 0 Å². The van der Waals surface area contributed by atoms with E-state index >= 15 is 0 Å². The van der Waals surface area contributed by atoms with E-state index in [1.807, 2.05) is 0 Å². The largest absolute Gasteiger partial charge is 0.345 e. The lowest BCUT2D eigenvalue weighted by molar-refractivity contribution is 0.390. The predicted octanol–water partition coefficient (Wildman–Crippen LogP) is 7.03. The lowest BCUT2D eigenvalue weighted by atomic mass is 9.74. The molecule has 2 heteroatoms. The van der Waals surface area contributed by atoms with Crippen molar-refractivity contribution in [2.45, 2.75) is 124 Å². The Morgan fingerprint density at radius 3 is 1.83 bits per heavy atom. The third-order valence-electron chi connectivity index (χ3n) is 6.44. The minimum absolute atomic E-state index is 0.106. The highest BCUT2D eigenvalue weighted by atomic mass is 15.0. The highest BCUT2D eigenvalue weighted by molar-refractivity contribution is 5.31. The molecule has 0 aliphatic heterocycles. The molecule has 1 aromatic heterocycles. The molecule has 1 N–H and O–H groups in total. The van der Waals surface area contributed by atoms with E-state index in [-0.39, 0.29) is 16.2 Å². The van der Waals surface area contributed by atoms with Crippen molar-refractivity contribution < 1.29 is 0 Å². The first-order valence-corrected chi connectivity index (χ1v) is 10.2. The average molecular weight is 335 g/mol. The summed E-state index contributed by atoms with van der Waals surface area (Å²) in [6.07, 6.45) is 8.50. The second-order valence-corrected chi connectivity index (χ2v) is 9.16. The van der Waals surface area contributed by atoms with Crippen molar-refractivity contribution in [2.75, 3.05) is 0 Å². The van der Waals surface area contributed by atoms with Crippen molar-refractivity contribution in [2.24, 2.45) is 0 Å². The van der Waals surface area contributed by atoms with Crippen molar-refractivity contribution in [3.8, 4) is 0 Å². The quantitative estimate of drug-likeness (QED) is 0.457. The standard InChI is InChI=1S/C22H42N2/c1-10-14-15-16-21(7,8)17-18(22(9,12-3)13-4)24-19(23-17)20(5,6)11-2/h10-16H2,1-9H3,(H,23,24). The van der Waals surface area contributed by atoms with Gasteiger partial charge in [0.15, 0.2) is 0 Å². The van der Waals surface area contributed by atoms with E-state index < -0.39 is 0 Å². The molecule has 2 nitrogen and oxygen atoms in total. The van der Waals surface area contributed by atoms with Crippen LogP contribution in [0.15, 0.2) is 0 Å². The second kappa shape index (κ2) is 8.06. The lowest BCUT2D eigenvalue weighted by Gasteiger charge is -2.32. The highest BCUT2D eigenvalue weighted by Crippen LogP contribution is 2.41. The zero-order valence-corrected chi connectivity index (χ0v) is 17.9. The maximum Gasteiger partial charge on any atom is 0.112 e. The van der Waals surface area contributed by atoms with Gasteiger partial charge in [0, 0.05) is 21.9 Å². The van der Waals surface area contributed by atoms with Crippen LogP contribution in [0.2, 0.25) is 0 Å². The summed E-state index contributed by atoms with van der Waals surface area (Å²) in [5.41, 5.74) is 3.14. The summed E-state index contributed by atoms with van der Waals surface area (Å²) in [4.78, 5) is 9.01. The summed E-state index contributed by atoms with van der Waals surface area (Å²) in [6.45, 7) is 20.9. The number of aromatic nitrogens is 2. The van der Waals surface area contributed by atoms with Crippen LogP contribution in [0.3, 0.4) is 0 Å².